The van der Waals surface area contributed by atoms with Gasteiger partial charge in [0.1, 0.15) is 12.4 Å². The topological polar surface area (TPSA) is 60.0 Å². The van der Waals surface area contributed by atoms with Gasteiger partial charge in [-0.2, -0.15) is 0 Å². The molecule has 0 saturated heterocycles. The first kappa shape index (κ1) is 23.8. The minimum absolute atomic E-state index is 0.0647. The number of carbonyl (C=O) groups excluding carboxylic acids is 1. The van der Waals surface area contributed by atoms with Gasteiger partial charge in [0.05, 0.1) is 7.11 Å². The lowest BCUT2D eigenvalue weighted by molar-refractivity contribution is -0.123. The van der Waals surface area contributed by atoms with Crippen molar-refractivity contribution in [2.45, 2.75) is 27.3 Å². The van der Waals surface area contributed by atoms with Gasteiger partial charge >= 0.3 is 0 Å². The van der Waals surface area contributed by atoms with E-state index in [1.54, 1.807) is 25.3 Å². The van der Waals surface area contributed by atoms with Crippen LogP contribution in [0.15, 0.2) is 36.4 Å². The van der Waals surface area contributed by atoms with Crippen molar-refractivity contribution >= 4 is 17.5 Å². The van der Waals surface area contributed by atoms with Gasteiger partial charge in [-0.25, -0.2) is 0 Å². The van der Waals surface area contributed by atoms with E-state index in [1.165, 1.54) is 0 Å². The Labute approximate surface area is 184 Å². The van der Waals surface area contributed by atoms with E-state index in [-0.39, 0.29) is 12.5 Å². The van der Waals surface area contributed by atoms with Crippen LogP contribution in [0.2, 0.25) is 5.02 Å². The molecule has 0 aliphatic rings. The van der Waals surface area contributed by atoms with Crippen molar-refractivity contribution in [2.75, 3.05) is 40.0 Å². The van der Waals surface area contributed by atoms with Gasteiger partial charge in [0, 0.05) is 18.1 Å². The molecule has 2 aromatic carbocycles. The Kier molecular flexibility index (Phi) is 9.77. The molecule has 0 bridgehead atoms. The molecule has 0 spiro atoms. The number of amides is 1. The van der Waals surface area contributed by atoms with Crippen LogP contribution in [0.1, 0.15) is 25.0 Å². The normalized spacial score (nSPS) is 10.7. The molecule has 0 heterocycles. The highest BCUT2D eigenvalue weighted by Crippen LogP contribution is 2.28. The number of likely N-dealkylation sites (N-methyl/N-ethyl adjacent to an activating group) is 1. The molecule has 0 aliphatic heterocycles. The Balaban J connectivity index is 1.82. The lowest BCUT2D eigenvalue weighted by Gasteiger charge is -2.19. The van der Waals surface area contributed by atoms with Crippen molar-refractivity contribution in [2.24, 2.45) is 0 Å². The molecule has 0 atom stereocenters. The molecule has 0 radical (unpaired) electrons. The lowest BCUT2D eigenvalue weighted by atomic mass is 10.2. The number of ether oxygens (including phenoxy) is 3. The average Bonchev–Trinajstić information content (AvgIpc) is 2.76. The Hall–Kier alpha value is -2.44. The summed E-state index contributed by atoms with van der Waals surface area (Å²) in [5, 5.41) is 3.51. The Morgan fingerprint density at radius 3 is 2.50 bits per heavy atom. The number of nitrogens with one attached hydrogen (secondary N) is 1. The first-order valence-electron chi connectivity index (χ1n) is 10.1. The molecule has 30 heavy (non-hydrogen) atoms. The second-order valence-electron chi connectivity index (χ2n) is 6.84. The summed E-state index contributed by atoms with van der Waals surface area (Å²) >= 11 is 6.00. The molecular formula is C23H31ClN2O4. The van der Waals surface area contributed by atoms with Crippen molar-refractivity contribution in [1.29, 1.82) is 0 Å². The number of nitrogens with zero attached hydrogens (tertiary/aromatic N) is 1. The zero-order valence-corrected chi connectivity index (χ0v) is 18.9. The third-order valence-electron chi connectivity index (χ3n) is 4.78. The van der Waals surface area contributed by atoms with Crippen LogP contribution in [0.3, 0.4) is 0 Å². The van der Waals surface area contributed by atoms with Crippen molar-refractivity contribution < 1.29 is 19.0 Å². The molecule has 1 N–H and O–H groups in total. The number of benzene rings is 2. The number of halogens is 1. The maximum absolute atomic E-state index is 12.1. The quantitative estimate of drug-likeness (QED) is 0.545. The highest BCUT2D eigenvalue weighted by Gasteiger charge is 2.09. The minimum Gasteiger partial charge on any atom is -0.493 e. The SMILES string of the molecule is CCN(CC)CCOc1ccc(CNC(=O)COc2ccc(Cl)c(C)c2)cc1OC. The second-order valence-corrected chi connectivity index (χ2v) is 7.24. The number of rotatable bonds is 12. The fourth-order valence-corrected chi connectivity index (χ4v) is 2.99. The van der Waals surface area contributed by atoms with E-state index in [4.69, 9.17) is 25.8 Å². The average molecular weight is 435 g/mol. The molecule has 7 heteroatoms. The number of carbonyl (C=O) groups is 1. The Bertz CT molecular complexity index is 825. The summed E-state index contributed by atoms with van der Waals surface area (Å²) in [5.74, 6) is 1.75. The molecule has 164 valence electrons. The van der Waals surface area contributed by atoms with Gasteiger partial charge in [0.15, 0.2) is 18.1 Å². The zero-order chi connectivity index (χ0) is 21.9. The van der Waals surface area contributed by atoms with Gasteiger partial charge in [-0.15, -0.1) is 0 Å². The highest BCUT2D eigenvalue weighted by atomic mass is 35.5. The van der Waals surface area contributed by atoms with Gasteiger partial charge < -0.3 is 24.4 Å². The summed E-state index contributed by atoms with van der Waals surface area (Å²) in [5.41, 5.74) is 1.82. The maximum atomic E-state index is 12.1. The summed E-state index contributed by atoms with van der Waals surface area (Å²) in [6.07, 6.45) is 0. The van der Waals surface area contributed by atoms with Gasteiger partial charge in [-0.1, -0.05) is 31.5 Å². The van der Waals surface area contributed by atoms with Crippen LogP contribution >= 0.6 is 11.6 Å². The summed E-state index contributed by atoms with van der Waals surface area (Å²) < 4.78 is 16.8. The molecule has 0 unspecified atom stereocenters. The summed E-state index contributed by atoms with van der Waals surface area (Å²) in [7, 11) is 1.61. The number of methoxy groups -OCH3 is 1. The fraction of sp³-hybridized carbons (Fsp3) is 0.435. The number of hydrogen-bond acceptors (Lipinski definition) is 5. The molecule has 0 fully saturated rings. The van der Waals surface area contributed by atoms with Crippen LogP contribution < -0.4 is 19.5 Å². The molecule has 2 aromatic rings. The van der Waals surface area contributed by atoms with Crippen molar-refractivity contribution in [3.63, 3.8) is 0 Å². The van der Waals surface area contributed by atoms with E-state index in [1.807, 2.05) is 25.1 Å². The van der Waals surface area contributed by atoms with E-state index in [9.17, 15) is 4.79 Å². The predicted octanol–water partition coefficient (Wildman–Crippen LogP) is 4.07. The van der Waals surface area contributed by atoms with E-state index < -0.39 is 0 Å². The van der Waals surface area contributed by atoms with Gasteiger partial charge in [-0.3, -0.25) is 4.79 Å². The molecule has 0 saturated carbocycles. The number of hydrogen-bond donors (Lipinski definition) is 1. The van der Waals surface area contributed by atoms with Crippen LogP contribution in [-0.4, -0.2) is 50.8 Å². The highest BCUT2D eigenvalue weighted by molar-refractivity contribution is 6.31. The Morgan fingerprint density at radius 2 is 1.83 bits per heavy atom. The molecule has 1 amide bonds. The third-order valence-corrected chi connectivity index (χ3v) is 5.20. The van der Waals surface area contributed by atoms with Gasteiger partial charge in [0.2, 0.25) is 0 Å². The van der Waals surface area contributed by atoms with E-state index in [2.05, 4.69) is 24.1 Å². The summed E-state index contributed by atoms with van der Waals surface area (Å²) in [4.78, 5) is 14.4. The lowest BCUT2D eigenvalue weighted by Crippen LogP contribution is -2.28. The largest absolute Gasteiger partial charge is 0.493 e. The van der Waals surface area contributed by atoms with E-state index >= 15 is 0 Å². The molecular weight excluding hydrogens is 404 g/mol. The summed E-state index contributed by atoms with van der Waals surface area (Å²) in [6, 6.07) is 11.0. The van der Waals surface area contributed by atoms with Crippen molar-refractivity contribution in [1.82, 2.24) is 10.2 Å². The molecule has 0 aromatic heterocycles. The summed E-state index contributed by atoms with van der Waals surface area (Å²) in [6.45, 7) is 9.91. The molecule has 0 aliphatic carbocycles. The van der Waals surface area contributed by atoms with Crippen LogP contribution in [0, 0.1) is 6.92 Å². The fourth-order valence-electron chi connectivity index (χ4n) is 2.87. The van der Waals surface area contributed by atoms with Crippen molar-refractivity contribution in [3.8, 4) is 17.2 Å². The van der Waals surface area contributed by atoms with Crippen LogP contribution in [-0.2, 0) is 11.3 Å². The van der Waals surface area contributed by atoms with E-state index in [0.717, 1.165) is 30.8 Å². The van der Waals surface area contributed by atoms with Gasteiger partial charge in [0.25, 0.3) is 5.91 Å². The van der Waals surface area contributed by atoms with E-state index in [0.29, 0.717) is 35.4 Å². The zero-order valence-electron chi connectivity index (χ0n) is 18.2. The molecule has 2 rings (SSSR count). The minimum atomic E-state index is -0.207. The third kappa shape index (κ3) is 7.43. The first-order chi connectivity index (χ1) is 14.5. The van der Waals surface area contributed by atoms with Crippen LogP contribution in [0.25, 0.3) is 0 Å². The van der Waals surface area contributed by atoms with Crippen molar-refractivity contribution in [3.05, 3.63) is 52.5 Å². The monoisotopic (exact) mass is 434 g/mol. The first-order valence-corrected chi connectivity index (χ1v) is 10.5. The van der Waals surface area contributed by atoms with Gasteiger partial charge in [-0.05, 0) is 61.5 Å². The predicted molar refractivity (Wildman–Crippen MR) is 120 cm³/mol. The number of aryl methyl sites for hydroxylation is 1. The van der Waals surface area contributed by atoms with Crippen LogP contribution in [0.5, 0.6) is 17.2 Å². The maximum Gasteiger partial charge on any atom is 0.258 e. The Morgan fingerprint density at radius 1 is 1.07 bits per heavy atom. The second kappa shape index (κ2) is 12.3. The van der Waals surface area contributed by atoms with Crippen LogP contribution in [0.4, 0.5) is 0 Å². The smallest absolute Gasteiger partial charge is 0.258 e. The molecule has 6 nitrogen and oxygen atoms in total. The standard InChI is InChI=1S/C23H31ClN2O4/c1-5-26(6-2)11-12-29-21-10-7-18(14-22(21)28-4)15-25-23(27)16-30-19-8-9-20(24)17(3)13-19/h7-10,13-14H,5-6,11-12,15-16H2,1-4H3,(H,25,27).